The number of pyridine rings is 1. The molecule has 0 saturated carbocycles. The standard InChI is InChI=1S/C14H19N5/c1-12-3-2-4-13(16-12)11-18-8-5-14(6-9-18)19-10-7-15-17-19/h2-4,7,10,14H,5-6,8-9,11H2,1H3. The van der Waals surface area contributed by atoms with Crippen LogP contribution in [0.2, 0.25) is 0 Å². The SMILES string of the molecule is Cc1cccc(CN2CCC(n3ccnn3)CC2)n1. The van der Waals surface area contributed by atoms with E-state index in [9.17, 15) is 0 Å². The maximum absolute atomic E-state index is 4.57. The van der Waals surface area contributed by atoms with Gasteiger partial charge in [0.05, 0.1) is 17.9 Å². The summed E-state index contributed by atoms with van der Waals surface area (Å²) >= 11 is 0. The third kappa shape index (κ3) is 2.98. The molecular weight excluding hydrogens is 238 g/mol. The molecule has 0 atom stereocenters. The molecule has 1 fully saturated rings. The summed E-state index contributed by atoms with van der Waals surface area (Å²) in [6, 6.07) is 6.74. The molecule has 0 amide bonds. The number of hydrogen-bond acceptors (Lipinski definition) is 4. The van der Waals surface area contributed by atoms with Crippen LogP contribution in [0, 0.1) is 6.92 Å². The van der Waals surface area contributed by atoms with E-state index in [-0.39, 0.29) is 0 Å². The zero-order valence-corrected chi connectivity index (χ0v) is 11.2. The van der Waals surface area contributed by atoms with Crippen molar-refractivity contribution in [2.45, 2.75) is 32.4 Å². The predicted octanol–water partition coefficient (Wildman–Crippen LogP) is 1.82. The normalized spacial score (nSPS) is 17.7. The van der Waals surface area contributed by atoms with Crippen LogP contribution in [0.25, 0.3) is 0 Å². The van der Waals surface area contributed by atoms with Crippen molar-refractivity contribution in [1.29, 1.82) is 0 Å². The molecule has 0 N–H and O–H groups in total. The van der Waals surface area contributed by atoms with Crippen LogP contribution in [0.4, 0.5) is 0 Å². The van der Waals surface area contributed by atoms with Gasteiger partial charge in [-0.05, 0) is 31.9 Å². The molecule has 1 aliphatic rings. The summed E-state index contributed by atoms with van der Waals surface area (Å²) in [6.45, 7) is 5.19. The molecule has 2 aromatic heterocycles. The quantitative estimate of drug-likeness (QED) is 0.841. The Morgan fingerprint density at radius 1 is 1.26 bits per heavy atom. The molecule has 19 heavy (non-hydrogen) atoms. The van der Waals surface area contributed by atoms with Crippen LogP contribution in [-0.4, -0.2) is 38.0 Å². The Bertz CT molecular complexity index is 514. The molecule has 100 valence electrons. The van der Waals surface area contributed by atoms with E-state index in [0.29, 0.717) is 6.04 Å². The molecule has 3 rings (SSSR count). The van der Waals surface area contributed by atoms with E-state index in [1.54, 1.807) is 6.20 Å². The van der Waals surface area contributed by atoms with Gasteiger partial charge in [-0.15, -0.1) is 5.10 Å². The molecule has 0 aliphatic carbocycles. The maximum Gasteiger partial charge on any atom is 0.0693 e. The van der Waals surface area contributed by atoms with Crippen LogP contribution >= 0.6 is 0 Å². The van der Waals surface area contributed by atoms with Gasteiger partial charge >= 0.3 is 0 Å². The fourth-order valence-corrected chi connectivity index (χ4v) is 2.67. The molecule has 0 aromatic carbocycles. The number of piperidine rings is 1. The summed E-state index contributed by atoms with van der Waals surface area (Å²) in [4.78, 5) is 7.03. The summed E-state index contributed by atoms with van der Waals surface area (Å²) in [5, 5.41) is 7.98. The van der Waals surface area contributed by atoms with Crippen LogP contribution in [0.3, 0.4) is 0 Å². The fourth-order valence-electron chi connectivity index (χ4n) is 2.67. The minimum atomic E-state index is 0.504. The molecule has 3 heterocycles. The van der Waals surface area contributed by atoms with Gasteiger partial charge in [0.15, 0.2) is 0 Å². The molecule has 1 saturated heterocycles. The minimum absolute atomic E-state index is 0.504. The van der Waals surface area contributed by atoms with E-state index < -0.39 is 0 Å². The lowest BCUT2D eigenvalue weighted by Crippen LogP contribution is -2.34. The van der Waals surface area contributed by atoms with Crippen LogP contribution in [-0.2, 0) is 6.54 Å². The van der Waals surface area contributed by atoms with Crippen LogP contribution < -0.4 is 0 Å². The summed E-state index contributed by atoms with van der Waals surface area (Å²) in [7, 11) is 0. The van der Waals surface area contributed by atoms with Crippen LogP contribution in [0.5, 0.6) is 0 Å². The molecule has 1 aliphatic heterocycles. The van der Waals surface area contributed by atoms with Crippen molar-refractivity contribution in [2.24, 2.45) is 0 Å². The molecular formula is C14H19N5. The van der Waals surface area contributed by atoms with Crippen molar-refractivity contribution in [1.82, 2.24) is 24.9 Å². The van der Waals surface area contributed by atoms with E-state index in [1.165, 1.54) is 5.69 Å². The van der Waals surface area contributed by atoms with Gasteiger partial charge in [-0.2, -0.15) is 0 Å². The summed E-state index contributed by atoms with van der Waals surface area (Å²) in [5.41, 5.74) is 2.26. The lowest BCUT2D eigenvalue weighted by atomic mass is 10.1. The van der Waals surface area contributed by atoms with Gasteiger partial charge in [-0.3, -0.25) is 9.88 Å². The van der Waals surface area contributed by atoms with Gasteiger partial charge in [0.2, 0.25) is 0 Å². The molecule has 0 spiro atoms. The lowest BCUT2D eigenvalue weighted by molar-refractivity contribution is 0.170. The van der Waals surface area contributed by atoms with Gasteiger partial charge in [0.1, 0.15) is 0 Å². The second kappa shape index (κ2) is 5.48. The first-order valence-corrected chi connectivity index (χ1v) is 6.82. The van der Waals surface area contributed by atoms with Crippen LogP contribution in [0.1, 0.15) is 30.3 Å². The second-order valence-corrected chi connectivity index (χ2v) is 5.16. The highest BCUT2D eigenvalue weighted by Gasteiger charge is 2.21. The van der Waals surface area contributed by atoms with E-state index in [1.807, 2.05) is 23.9 Å². The van der Waals surface area contributed by atoms with E-state index in [2.05, 4.69) is 32.3 Å². The van der Waals surface area contributed by atoms with Crippen LogP contribution in [0.15, 0.2) is 30.6 Å². The Morgan fingerprint density at radius 2 is 2.11 bits per heavy atom. The van der Waals surface area contributed by atoms with Gasteiger partial charge in [-0.25, -0.2) is 4.68 Å². The molecule has 0 bridgehead atoms. The van der Waals surface area contributed by atoms with Crippen molar-refractivity contribution in [2.75, 3.05) is 13.1 Å². The van der Waals surface area contributed by atoms with Gasteiger partial charge < -0.3 is 0 Å². The summed E-state index contributed by atoms with van der Waals surface area (Å²) in [5.74, 6) is 0. The van der Waals surface area contributed by atoms with Gasteiger partial charge in [0, 0.05) is 31.5 Å². The summed E-state index contributed by atoms with van der Waals surface area (Å²) in [6.07, 6.45) is 5.98. The number of aryl methyl sites for hydroxylation is 1. The van der Waals surface area contributed by atoms with Gasteiger partial charge in [-0.1, -0.05) is 11.3 Å². The Kier molecular flexibility index (Phi) is 3.55. The third-order valence-electron chi connectivity index (χ3n) is 3.70. The highest BCUT2D eigenvalue weighted by atomic mass is 15.4. The number of nitrogens with zero attached hydrogens (tertiary/aromatic N) is 5. The highest BCUT2D eigenvalue weighted by molar-refractivity contribution is 5.09. The molecule has 2 aromatic rings. The second-order valence-electron chi connectivity index (χ2n) is 5.16. The van der Waals surface area contributed by atoms with Crippen molar-refractivity contribution < 1.29 is 0 Å². The van der Waals surface area contributed by atoms with E-state index in [0.717, 1.165) is 38.2 Å². The first-order valence-electron chi connectivity index (χ1n) is 6.82. The minimum Gasteiger partial charge on any atom is -0.297 e. The topological polar surface area (TPSA) is 46.8 Å². The largest absolute Gasteiger partial charge is 0.297 e. The molecule has 5 heteroatoms. The van der Waals surface area contributed by atoms with E-state index in [4.69, 9.17) is 0 Å². The van der Waals surface area contributed by atoms with Crippen molar-refractivity contribution >= 4 is 0 Å². The molecule has 0 radical (unpaired) electrons. The van der Waals surface area contributed by atoms with E-state index >= 15 is 0 Å². The zero-order chi connectivity index (χ0) is 13.1. The number of rotatable bonds is 3. The Hall–Kier alpha value is -1.75. The predicted molar refractivity (Wildman–Crippen MR) is 72.5 cm³/mol. The molecule has 0 unspecified atom stereocenters. The molecule has 5 nitrogen and oxygen atoms in total. The third-order valence-corrected chi connectivity index (χ3v) is 3.70. The van der Waals surface area contributed by atoms with Crippen molar-refractivity contribution in [3.05, 3.63) is 42.0 Å². The number of hydrogen-bond donors (Lipinski definition) is 0. The van der Waals surface area contributed by atoms with Crippen molar-refractivity contribution in [3.8, 4) is 0 Å². The smallest absolute Gasteiger partial charge is 0.0693 e. The summed E-state index contributed by atoms with van der Waals surface area (Å²) < 4.78 is 1.99. The lowest BCUT2D eigenvalue weighted by Gasteiger charge is -2.31. The first kappa shape index (κ1) is 12.3. The Balaban J connectivity index is 1.56. The monoisotopic (exact) mass is 257 g/mol. The zero-order valence-electron chi connectivity index (χ0n) is 11.2. The first-order chi connectivity index (χ1) is 9.31. The Morgan fingerprint density at radius 3 is 2.79 bits per heavy atom. The average molecular weight is 257 g/mol. The van der Waals surface area contributed by atoms with Crippen molar-refractivity contribution in [3.63, 3.8) is 0 Å². The number of likely N-dealkylation sites (tertiary alicyclic amines) is 1. The highest BCUT2D eigenvalue weighted by Crippen LogP contribution is 2.22. The maximum atomic E-state index is 4.57. The fraction of sp³-hybridized carbons (Fsp3) is 0.500. The Labute approximate surface area is 113 Å². The average Bonchev–Trinajstić information content (AvgIpc) is 2.94. The number of aromatic nitrogens is 4. The van der Waals surface area contributed by atoms with Gasteiger partial charge in [0.25, 0.3) is 0 Å².